The van der Waals surface area contributed by atoms with Crippen molar-refractivity contribution in [2.45, 2.75) is 20.3 Å². The van der Waals surface area contributed by atoms with Crippen molar-refractivity contribution in [3.8, 4) is 0 Å². The van der Waals surface area contributed by atoms with Gasteiger partial charge in [0, 0.05) is 18.1 Å². The number of carbonyl (C=O) groups is 1. The fourth-order valence-electron chi connectivity index (χ4n) is 1.48. The highest BCUT2D eigenvalue weighted by molar-refractivity contribution is 6.00. The second kappa shape index (κ2) is 3.24. The van der Waals surface area contributed by atoms with Crippen molar-refractivity contribution in [2.24, 2.45) is 0 Å². The van der Waals surface area contributed by atoms with Crippen LogP contribution >= 0.6 is 0 Å². The van der Waals surface area contributed by atoms with Gasteiger partial charge in [0.1, 0.15) is 11.6 Å². The van der Waals surface area contributed by atoms with E-state index in [9.17, 15) is 13.6 Å². The van der Waals surface area contributed by atoms with Gasteiger partial charge in [-0.15, -0.1) is 0 Å². The van der Waals surface area contributed by atoms with Gasteiger partial charge < -0.3 is 0 Å². The van der Waals surface area contributed by atoms with Crippen LogP contribution in [-0.2, 0) is 6.42 Å². The summed E-state index contributed by atoms with van der Waals surface area (Å²) in [6.45, 7) is 0. The lowest BCUT2D eigenvalue weighted by Gasteiger charge is -1.98. The normalized spacial score (nSPS) is 13.8. The number of hydrogen-bond donors (Lipinski definition) is 0. The molecule has 70 valence electrons. The van der Waals surface area contributed by atoms with Gasteiger partial charge in [-0.3, -0.25) is 4.79 Å². The van der Waals surface area contributed by atoms with E-state index >= 15 is 0 Å². The molecule has 0 aliphatic heterocycles. The molecule has 0 saturated carbocycles. The third kappa shape index (κ3) is 1.46. The molecule has 0 heterocycles. The summed E-state index contributed by atoms with van der Waals surface area (Å²) in [5.41, 5.74) is 0.578. The Morgan fingerprint density at radius 1 is 1.15 bits per heavy atom. The highest BCUT2D eigenvalue weighted by atomic mass is 19.1. The summed E-state index contributed by atoms with van der Waals surface area (Å²) in [5, 5.41) is 0. The van der Waals surface area contributed by atoms with Gasteiger partial charge in [-0.05, 0) is 18.1 Å². The van der Waals surface area contributed by atoms with Gasteiger partial charge in [0.25, 0.3) is 0 Å². The maximum atomic E-state index is 12.9. The smallest absolute Gasteiger partial charge is 0.163 e. The van der Waals surface area contributed by atoms with Gasteiger partial charge in [0.05, 0.1) is 0 Å². The predicted molar refractivity (Wildman–Crippen MR) is 45.7 cm³/mol. The van der Waals surface area contributed by atoms with Crippen molar-refractivity contribution in [3.63, 3.8) is 0 Å². The van der Waals surface area contributed by atoms with Crippen LogP contribution in [0.2, 0.25) is 0 Å². The molecule has 13 heavy (non-hydrogen) atoms. The van der Waals surface area contributed by atoms with Crippen LogP contribution in [0.25, 0.3) is 0 Å². The summed E-state index contributed by atoms with van der Waals surface area (Å²) in [6.07, 6.45) is 0.704. The number of benzene rings is 1. The molecule has 0 unspecified atom stereocenters. The Hall–Kier alpha value is -1.25. The summed E-state index contributed by atoms with van der Waals surface area (Å²) < 4.78 is 25.5. The molecule has 1 aromatic carbocycles. The summed E-state index contributed by atoms with van der Waals surface area (Å²) in [7, 11) is 0. The average Bonchev–Trinajstić information content (AvgIpc) is 2.33. The van der Waals surface area contributed by atoms with Gasteiger partial charge in [-0.2, -0.15) is 0 Å². The van der Waals surface area contributed by atoms with Crippen LogP contribution in [-0.4, -0.2) is 5.78 Å². The molecule has 0 fully saturated rings. The van der Waals surface area contributed by atoms with Crippen LogP contribution in [0.4, 0.5) is 8.78 Å². The van der Waals surface area contributed by atoms with Crippen LogP contribution < -0.4 is 0 Å². The van der Waals surface area contributed by atoms with E-state index in [-0.39, 0.29) is 18.8 Å². The summed E-state index contributed by atoms with van der Waals surface area (Å²) in [6, 6.07) is 1.92. The van der Waals surface area contributed by atoms with Crippen molar-refractivity contribution in [2.75, 3.05) is 0 Å². The first-order chi connectivity index (χ1) is 5.68. The quantitative estimate of drug-likeness (QED) is 0.605. The Bertz CT molecular complexity index is 358. The lowest BCUT2D eigenvalue weighted by molar-refractivity contribution is 0.0994. The standard InChI is InChI=1S/C9H6F2O.CH4/c10-5-3-7-6(8(11)4-5)1-2-9(7)12;/h3-4H,1-2H2;1H4. The van der Waals surface area contributed by atoms with E-state index in [0.29, 0.717) is 18.4 Å². The number of rotatable bonds is 0. The van der Waals surface area contributed by atoms with E-state index in [1.807, 2.05) is 0 Å². The third-order valence-electron chi connectivity index (χ3n) is 2.06. The number of carbonyl (C=O) groups excluding carboxylic acids is 1. The van der Waals surface area contributed by atoms with Crippen LogP contribution in [0.5, 0.6) is 0 Å². The summed E-state index contributed by atoms with van der Waals surface area (Å²) in [4.78, 5) is 11.0. The first-order valence-electron chi connectivity index (χ1n) is 3.69. The summed E-state index contributed by atoms with van der Waals surface area (Å²) in [5.74, 6) is -1.44. The highest BCUT2D eigenvalue weighted by Gasteiger charge is 2.23. The van der Waals surface area contributed by atoms with E-state index in [1.54, 1.807) is 0 Å². The van der Waals surface area contributed by atoms with Crippen LogP contribution in [0, 0.1) is 11.6 Å². The van der Waals surface area contributed by atoms with E-state index in [2.05, 4.69) is 0 Å². The molecule has 2 rings (SSSR count). The molecular formula is C10H10F2O. The van der Waals surface area contributed by atoms with E-state index in [4.69, 9.17) is 0 Å². The molecular weight excluding hydrogens is 174 g/mol. The number of halogens is 2. The van der Waals surface area contributed by atoms with Crippen molar-refractivity contribution in [1.29, 1.82) is 0 Å². The van der Waals surface area contributed by atoms with Crippen LogP contribution in [0.1, 0.15) is 29.8 Å². The lowest BCUT2D eigenvalue weighted by Crippen LogP contribution is -1.94. The first kappa shape index (κ1) is 9.84. The number of Topliss-reactive ketones (excluding diaryl/α,β-unsaturated/α-hetero) is 1. The first-order valence-corrected chi connectivity index (χ1v) is 3.69. The molecule has 1 aliphatic rings. The summed E-state index contributed by atoms with van der Waals surface area (Å²) >= 11 is 0. The number of fused-ring (bicyclic) bond motifs is 1. The molecule has 0 aromatic heterocycles. The molecule has 0 radical (unpaired) electrons. The maximum Gasteiger partial charge on any atom is 0.163 e. The minimum atomic E-state index is -0.679. The molecule has 3 heteroatoms. The van der Waals surface area contributed by atoms with E-state index < -0.39 is 11.6 Å². The van der Waals surface area contributed by atoms with E-state index in [0.717, 1.165) is 12.1 Å². The van der Waals surface area contributed by atoms with Gasteiger partial charge in [-0.25, -0.2) is 8.78 Å². The Labute approximate surface area is 75.4 Å². The van der Waals surface area contributed by atoms with Crippen LogP contribution in [0.15, 0.2) is 12.1 Å². The Kier molecular flexibility index (Phi) is 2.45. The fraction of sp³-hybridized carbons (Fsp3) is 0.300. The van der Waals surface area contributed by atoms with Gasteiger partial charge >= 0.3 is 0 Å². The van der Waals surface area contributed by atoms with E-state index in [1.165, 1.54) is 0 Å². The Morgan fingerprint density at radius 2 is 1.85 bits per heavy atom. The molecule has 0 amide bonds. The van der Waals surface area contributed by atoms with Gasteiger partial charge in [-0.1, -0.05) is 7.43 Å². The van der Waals surface area contributed by atoms with Gasteiger partial charge in [0.15, 0.2) is 5.78 Å². The van der Waals surface area contributed by atoms with Crippen molar-refractivity contribution < 1.29 is 13.6 Å². The average molecular weight is 184 g/mol. The lowest BCUT2D eigenvalue weighted by atomic mass is 10.1. The second-order valence-corrected chi connectivity index (χ2v) is 2.84. The highest BCUT2D eigenvalue weighted by Crippen LogP contribution is 2.25. The molecule has 1 aliphatic carbocycles. The molecule has 0 N–H and O–H groups in total. The fourth-order valence-corrected chi connectivity index (χ4v) is 1.48. The molecule has 0 saturated heterocycles. The third-order valence-corrected chi connectivity index (χ3v) is 2.06. The monoisotopic (exact) mass is 184 g/mol. The molecule has 0 atom stereocenters. The maximum absolute atomic E-state index is 12.9. The van der Waals surface area contributed by atoms with Crippen molar-refractivity contribution >= 4 is 5.78 Å². The number of ketones is 1. The predicted octanol–water partition coefficient (Wildman–Crippen LogP) is 2.73. The minimum Gasteiger partial charge on any atom is -0.294 e. The van der Waals surface area contributed by atoms with Crippen molar-refractivity contribution in [1.82, 2.24) is 0 Å². The molecule has 0 spiro atoms. The zero-order valence-electron chi connectivity index (χ0n) is 6.23. The van der Waals surface area contributed by atoms with Gasteiger partial charge in [0.2, 0.25) is 0 Å². The zero-order valence-corrected chi connectivity index (χ0v) is 6.23. The SMILES string of the molecule is C.O=C1CCc2c(F)cc(F)cc21. The Balaban J connectivity index is 0.000000845. The van der Waals surface area contributed by atoms with Crippen LogP contribution in [0.3, 0.4) is 0 Å². The number of hydrogen-bond acceptors (Lipinski definition) is 1. The molecule has 0 bridgehead atoms. The molecule has 1 aromatic rings. The Morgan fingerprint density at radius 3 is 2.54 bits per heavy atom. The zero-order chi connectivity index (χ0) is 8.72. The second-order valence-electron chi connectivity index (χ2n) is 2.84. The minimum absolute atomic E-state index is 0. The largest absolute Gasteiger partial charge is 0.294 e. The van der Waals surface area contributed by atoms with Crippen molar-refractivity contribution in [3.05, 3.63) is 34.9 Å². The molecule has 1 nitrogen and oxygen atoms in total. The topological polar surface area (TPSA) is 17.1 Å².